The molecule has 1 aliphatic heterocycles. The number of benzene rings is 1. The third kappa shape index (κ3) is 4.61. The Kier molecular flexibility index (Phi) is 5.60. The summed E-state index contributed by atoms with van der Waals surface area (Å²) in [5.74, 6) is 1.27. The molecule has 0 unspecified atom stereocenters. The molecule has 0 aliphatic carbocycles. The van der Waals surface area contributed by atoms with Crippen molar-refractivity contribution in [2.75, 3.05) is 18.0 Å². The second-order valence-electron chi connectivity index (χ2n) is 8.63. The number of morpholine rings is 1. The zero-order valence-electron chi connectivity index (χ0n) is 19.0. The van der Waals surface area contributed by atoms with Crippen molar-refractivity contribution < 1.29 is 9.53 Å². The largest absolute Gasteiger partial charge is 0.372 e. The minimum atomic E-state index is -0.0317. The maximum absolute atomic E-state index is 13.0. The fraction of sp³-hybridized carbons (Fsp3) is 0.320. The van der Waals surface area contributed by atoms with Gasteiger partial charge in [-0.15, -0.1) is 0 Å². The number of ketones is 1. The van der Waals surface area contributed by atoms with Gasteiger partial charge in [-0.05, 0) is 37.6 Å². The van der Waals surface area contributed by atoms with Gasteiger partial charge in [-0.2, -0.15) is 5.10 Å². The number of aromatic nitrogens is 5. The van der Waals surface area contributed by atoms with Crippen LogP contribution in [0.4, 0.5) is 5.82 Å². The van der Waals surface area contributed by atoms with E-state index in [1.54, 1.807) is 23.1 Å². The molecule has 1 fully saturated rings. The monoisotopic (exact) mass is 442 g/mol. The second kappa shape index (κ2) is 8.71. The number of fused-ring (bicyclic) bond motifs is 1. The Hall–Kier alpha value is -3.65. The van der Waals surface area contributed by atoms with E-state index in [4.69, 9.17) is 4.74 Å². The molecule has 33 heavy (non-hydrogen) atoms. The van der Waals surface area contributed by atoms with Crippen LogP contribution in [0.1, 0.15) is 30.0 Å². The van der Waals surface area contributed by atoms with Crippen molar-refractivity contribution in [1.29, 1.82) is 0 Å². The first-order valence-electron chi connectivity index (χ1n) is 11.1. The van der Waals surface area contributed by atoms with Crippen molar-refractivity contribution in [2.24, 2.45) is 7.05 Å². The van der Waals surface area contributed by atoms with Crippen molar-refractivity contribution in [3.63, 3.8) is 0 Å². The predicted octanol–water partition coefficient (Wildman–Crippen LogP) is 3.46. The van der Waals surface area contributed by atoms with Crippen molar-refractivity contribution >= 4 is 22.5 Å². The molecule has 0 amide bonds. The van der Waals surface area contributed by atoms with Gasteiger partial charge in [0.25, 0.3) is 0 Å². The molecule has 4 aromatic rings. The summed E-state index contributed by atoms with van der Waals surface area (Å²) in [7, 11) is 1.89. The molecule has 0 spiro atoms. The van der Waals surface area contributed by atoms with Crippen LogP contribution in [-0.4, -0.2) is 55.8 Å². The molecule has 5 rings (SSSR count). The quantitative estimate of drug-likeness (QED) is 0.438. The standard InChI is InChI=1S/C25H26N6O2/c1-16-13-31(14-17(2)33-16)25-9-19(6-7-26-25)23(32)10-24-27-11-20-5-4-18(8-22(20)29-24)21-12-28-30(3)15-21/h4-9,11-12,15-17H,10,13-14H2,1-3H3/t16-,17+. The predicted molar refractivity (Wildman–Crippen MR) is 126 cm³/mol. The number of aryl methyl sites for hydroxylation is 1. The summed E-state index contributed by atoms with van der Waals surface area (Å²) < 4.78 is 7.58. The number of hydrogen-bond donors (Lipinski definition) is 0. The highest BCUT2D eigenvalue weighted by Crippen LogP contribution is 2.23. The van der Waals surface area contributed by atoms with Gasteiger partial charge in [-0.1, -0.05) is 12.1 Å². The molecule has 8 nitrogen and oxygen atoms in total. The van der Waals surface area contributed by atoms with Crippen LogP contribution in [0.3, 0.4) is 0 Å². The van der Waals surface area contributed by atoms with Crippen molar-refractivity contribution in [2.45, 2.75) is 32.5 Å². The molecule has 0 radical (unpaired) electrons. The fourth-order valence-electron chi connectivity index (χ4n) is 4.27. The lowest BCUT2D eigenvalue weighted by Gasteiger charge is -2.36. The molecule has 168 valence electrons. The Labute approximate surface area is 192 Å². The minimum Gasteiger partial charge on any atom is -0.372 e. The van der Waals surface area contributed by atoms with Gasteiger partial charge in [0.1, 0.15) is 11.6 Å². The van der Waals surface area contributed by atoms with E-state index in [0.717, 1.165) is 40.9 Å². The van der Waals surface area contributed by atoms with E-state index in [9.17, 15) is 4.79 Å². The number of Topliss-reactive ketones (excluding diaryl/α,β-unsaturated/α-hetero) is 1. The van der Waals surface area contributed by atoms with Crippen LogP contribution in [-0.2, 0) is 18.2 Å². The molecule has 1 aliphatic rings. The van der Waals surface area contributed by atoms with Gasteiger partial charge in [0, 0.05) is 55.2 Å². The lowest BCUT2D eigenvalue weighted by molar-refractivity contribution is -0.00545. The molecule has 4 heterocycles. The number of ether oxygens (including phenoxy) is 1. The summed E-state index contributed by atoms with van der Waals surface area (Å²) in [5.41, 5.74) is 3.46. The summed E-state index contributed by atoms with van der Waals surface area (Å²) in [4.78, 5) is 28.8. The maximum Gasteiger partial charge on any atom is 0.170 e. The number of carbonyl (C=O) groups is 1. The molecule has 0 N–H and O–H groups in total. The second-order valence-corrected chi connectivity index (χ2v) is 8.63. The van der Waals surface area contributed by atoms with Gasteiger partial charge >= 0.3 is 0 Å². The van der Waals surface area contributed by atoms with E-state index >= 15 is 0 Å². The Bertz CT molecular complexity index is 1310. The SMILES string of the molecule is C[C@@H]1CN(c2cc(C(=O)Cc3ncc4ccc(-c5cnn(C)c5)cc4n3)ccn2)C[C@H](C)O1. The highest BCUT2D eigenvalue weighted by molar-refractivity contribution is 5.98. The number of carbonyl (C=O) groups excluding carboxylic acids is 1. The topological polar surface area (TPSA) is 86.0 Å². The van der Waals surface area contributed by atoms with E-state index < -0.39 is 0 Å². The average molecular weight is 443 g/mol. The van der Waals surface area contributed by atoms with Gasteiger partial charge in [-0.3, -0.25) is 9.48 Å². The van der Waals surface area contributed by atoms with Crippen molar-refractivity contribution in [3.8, 4) is 11.1 Å². The van der Waals surface area contributed by atoms with Gasteiger partial charge in [0.05, 0.1) is 30.3 Å². The van der Waals surface area contributed by atoms with Gasteiger partial charge in [-0.25, -0.2) is 15.0 Å². The molecular weight excluding hydrogens is 416 g/mol. The highest BCUT2D eigenvalue weighted by Gasteiger charge is 2.23. The fourth-order valence-corrected chi connectivity index (χ4v) is 4.27. The lowest BCUT2D eigenvalue weighted by Crippen LogP contribution is -2.45. The third-order valence-electron chi connectivity index (χ3n) is 5.80. The van der Waals surface area contributed by atoms with E-state index in [0.29, 0.717) is 11.4 Å². The molecule has 0 saturated carbocycles. The summed E-state index contributed by atoms with van der Waals surface area (Å²) in [6.07, 6.45) is 7.62. The van der Waals surface area contributed by atoms with E-state index in [1.165, 1.54) is 0 Å². The van der Waals surface area contributed by atoms with Crippen LogP contribution >= 0.6 is 0 Å². The van der Waals surface area contributed by atoms with Crippen LogP contribution in [0.2, 0.25) is 0 Å². The van der Waals surface area contributed by atoms with Crippen LogP contribution in [0.15, 0.2) is 55.1 Å². The number of rotatable bonds is 5. The number of anilines is 1. The minimum absolute atomic E-state index is 0.0317. The zero-order valence-corrected chi connectivity index (χ0v) is 19.0. The van der Waals surface area contributed by atoms with Crippen LogP contribution in [0.5, 0.6) is 0 Å². The molecule has 8 heteroatoms. The molecule has 0 bridgehead atoms. The molecule has 1 aromatic carbocycles. The lowest BCUT2D eigenvalue weighted by atomic mass is 10.1. The van der Waals surface area contributed by atoms with E-state index in [-0.39, 0.29) is 24.4 Å². The molecule has 3 aromatic heterocycles. The van der Waals surface area contributed by atoms with Crippen molar-refractivity contribution in [3.05, 3.63) is 66.5 Å². The molecule has 2 atom stereocenters. The Morgan fingerprint density at radius 3 is 2.64 bits per heavy atom. The number of pyridine rings is 1. The summed E-state index contributed by atoms with van der Waals surface area (Å²) in [5, 5.41) is 5.17. The average Bonchev–Trinajstić information content (AvgIpc) is 3.24. The van der Waals surface area contributed by atoms with Gasteiger partial charge in [0.15, 0.2) is 5.78 Å². The first-order valence-corrected chi connectivity index (χ1v) is 11.1. The summed E-state index contributed by atoms with van der Waals surface area (Å²) in [6, 6.07) is 9.63. The zero-order chi connectivity index (χ0) is 22.9. The Morgan fingerprint density at radius 2 is 1.88 bits per heavy atom. The number of hydrogen-bond acceptors (Lipinski definition) is 7. The first-order chi connectivity index (χ1) is 15.9. The molecule has 1 saturated heterocycles. The van der Waals surface area contributed by atoms with Crippen LogP contribution in [0.25, 0.3) is 22.0 Å². The van der Waals surface area contributed by atoms with Crippen LogP contribution in [0, 0.1) is 0 Å². The first kappa shape index (κ1) is 21.2. The Balaban J connectivity index is 1.36. The highest BCUT2D eigenvalue weighted by atomic mass is 16.5. The number of nitrogens with zero attached hydrogens (tertiary/aromatic N) is 6. The van der Waals surface area contributed by atoms with Gasteiger partial charge in [0.2, 0.25) is 0 Å². The maximum atomic E-state index is 13.0. The van der Waals surface area contributed by atoms with Gasteiger partial charge < -0.3 is 9.64 Å². The third-order valence-corrected chi connectivity index (χ3v) is 5.80. The smallest absolute Gasteiger partial charge is 0.170 e. The Morgan fingerprint density at radius 1 is 1.06 bits per heavy atom. The van der Waals surface area contributed by atoms with E-state index in [2.05, 4.69) is 38.8 Å². The van der Waals surface area contributed by atoms with E-state index in [1.807, 2.05) is 43.7 Å². The van der Waals surface area contributed by atoms with Crippen molar-refractivity contribution in [1.82, 2.24) is 24.7 Å². The molecular formula is C25H26N6O2. The van der Waals surface area contributed by atoms with Crippen LogP contribution < -0.4 is 4.90 Å². The normalized spacial score (nSPS) is 18.6. The summed E-state index contributed by atoms with van der Waals surface area (Å²) in [6.45, 7) is 5.60. The summed E-state index contributed by atoms with van der Waals surface area (Å²) >= 11 is 0.